The van der Waals surface area contributed by atoms with Crippen molar-refractivity contribution in [2.24, 2.45) is 5.73 Å². The maximum Gasteiger partial charge on any atom is 0.126 e. The summed E-state index contributed by atoms with van der Waals surface area (Å²) in [4.78, 5) is 4.33. The van der Waals surface area contributed by atoms with E-state index in [1.54, 1.807) is 0 Å². The molecule has 0 saturated carbocycles. The van der Waals surface area contributed by atoms with Crippen LogP contribution in [0, 0.1) is 6.92 Å². The Morgan fingerprint density at radius 1 is 1.24 bits per heavy atom. The smallest absolute Gasteiger partial charge is 0.126 e. The van der Waals surface area contributed by atoms with Crippen molar-refractivity contribution < 1.29 is 0 Å². The van der Waals surface area contributed by atoms with E-state index in [-0.39, 0.29) is 0 Å². The van der Waals surface area contributed by atoms with E-state index in [0.29, 0.717) is 6.54 Å². The summed E-state index contributed by atoms with van der Waals surface area (Å²) in [6, 6.07) is 12.3. The highest BCUT2D eigenvalue weighted by Crippen LogP contribution is 2.12. The molecule has 1 aromatic heterocycles. The Kier molecular flexibility index (Phi) is 3.73. The number of hydrogen-bond donors (Lipinski definition) is 2. The van der Waals surface area contributed by atoms with E-state index in [9.17, 15) is 0 Å². The molecule has 2 aromatic rings. The fourth-order valence-electron chi connectivity index (χ4n) is 1.68. The number of nitrogens with zero attached hydrogens (tertiary/aromatic N) is 1. The second-order valence-corrected chi connectivity index (χ2v) is 4.04. The van der Waals surface area contributed by atoms with Crippen molar-refractivity contribution >= 4 is 5.82 Å². The first-order chi connectivity index (χ1) is 8.29. The van der Waals surface area contributed by atoms with Gasteiger partial charge in [-0.25, -0.2) is 4.98 Å². The Morgan fingerprint density at radius 2 is 2.00 bits per heavy atom. The van der Waals surface area contributed by atoms with Crippen molar-refractivity contribution in [3.63, 3.8) is 0 Å². The van der Waals surface area contributed by atoms with Gasteiger partial charge in [-0.2, -0.15) is 0 Å². The van der Waals surface area contributed by atoms with E-state index < -0.39 is 0 Å². The molecule has 1 aromatic carbocycles. The van der Waals surface area contributed by atoms with E-state index in [1.807, 2.05) is 30.5 Å². The lowest BCUT2D eigenvalue weighted by Gasteiger charge is -2.08. The average molecular weight is 227 g/mol. The predicted octanol–water partition coefficient (Wildman–Crippen LogP) is 2.46. The first kappa shape index (κ1) is 11.6. The average Bonchev–Trinajstić information content (AvgIpc) is 2.38. The Morgan fingerprint density at radius 3 is 2.65 bits per heavy atom. The first-order valence-electron chi connectivity index (χ1n) is 5.73. The third-order valence-electron chi connectivity index (χ3n) is 2.76. The molecule has 17 heavy (non-hydrogen) atoms. The molecule has 88 valence electrons. The van der Waals surface area contributed by atoms with Crippen molar-refractivity contribution in [1.29, 1.82) is 0 Å². The Hall–Kier alpha value is -1.87. The molecule has 0 bridgehead atoms. The van der Waals surface area contributed by atoms with Gasteiger partial charge in [-0.05, 0) is 29.7 Å². The van der Waals surface area contributed by atoms with E-state index in [2.05, 4.69) is 29.4 Å². The number of hydrogen-bond acceptors (Lipinski definition) is 3. The summed E-state index contributed by atoms with van der Waals surface area (Å²) in [5.74, 6) is 0.892. The van der Waals surface area contributed by atoms with Gasteiger partial charge in [-0.15, -0.1) is 0 Å². The van der Waals surface area contributed by atoms with Gasteiger partial charge in [0.05, 0.1) is 0 Å². The van der Waals surface area contributed by atoms with Gasteiger partial charge in [0.25, 0.3) is 0 Å². The lowest BCUT2D eigenvalue weighted by atomic mass is 10.1. The Bertz CT molecular complexity index is 480. The number of benzene rings is 1. The predicted molar refractivity (Wildman–Crippen MR) is 70.6 cm³/mol. The van der Waals surface area contributed by atoms with Gasteiger partial charge in [0.15, 0.2) is 0 Å². The van der Waals surface area contributed by atoms with Crippen LogP contribution in [-0.4, -0.2) is 4.98 Å². The maximum absolute atomic E-state index is 5.61. The third kappa shape index (κ3) is 3.04. The van der Waals surface area contributed by atoms with Crippen molar-refractivity contribution in [2.75, 3.05) is 5.32 Å². The lowest BCUT2D eigenvalue weighted by molar-refractivity contribution is 1.01. The van der Waals surface area contributed by atoms with Gasteiger partial charge in [-0.1, -0.05) is 30.3 Å². The second kappa shape index (κ2) is 5.46. The minimum absolute atomic E-state index is 0.539. The van der Waals surface area contributed by atoms with Crippen LogP contribution in [0.25, 0.3) is 0 Å². The zero-order chi connectivity index (χ0) is 12.1. The highest BCUT2D eigenvalue weighted by molar-refractivity contribution is 5.41. The minimum Gasteiger partial charge on any atom is -0.366 e. The number of pyridine rings is 1. The highest BCUT2D eigenvalue weighted by atomic mass is 15.0. The van der Waals surface area contributed by atoms with Gasteiger partial charge < -0.3 is 11.1 Å². The van der Waals surface area contributed by atoms with Crippen molar-refractivity contribution in [3.8, 4) is 0 Å². The van der Waals surface area contributed by atoms with Crippen LogP contribution in [0.3, 0.4) is 0 Å². The van der Waals surface area contributed by atoms with E-state index in [1.165, 1.54) is 11.1 Å². The Labute approximate surface area is 102 Å². The van der Waals surface area contributed by atoms with E-state index in [0.717, 1.165) is 17.9 Å². The maximum atomic E-state index is 5.61. The van der Waals surface area contributed by atoms with Gasteiger partial charge in [0.2, 0.25) is 0 Å². The van der Waals surface area contributed by atoms with Gasteiger partial charge in [0.1, 0.15) is 5.82 Å². The molecular weight excluding hydrogens is 210 g/mol. The third-order valence-corrected chi connectivity index (χ3v) is 2.76. The van der Waals surface area contributed by atoms with Crippen LogP contribution >= 0.6 is 0 Å². The number of aryl methyl sites for hydroxylation is 1. The molecule has 0 saturated heterocycles. The van der Waals surface area contributed by atoms with E-state index in [4.69, 9.17) is 5.73 Å². The molecule has 0 fully saturated rings. The summed E-state index contributed by atoms with van der Waals surface area (Å²) in [5.41, 5.74) is 9.12. The minimum atomic E-state index is 0.539. The molecule has 1 heterocycles. The van der Waals surface area contributed by atoms with Crippen LogP contribution < -0.4 is 11.1 Å². The molecule has 2 rings (SSSR count). The molecule has 3 heteroatoms. The van der Waals surface area contributed by atoms with E-state index >= 15 is 0 Å². The molecule has 0 atom stereocenters. The topological polar surface area (TPSA) is 50.9 Å². The van der Waals surface area contributed by atoms with Gasteiger partial charge >= 0.3 is 0 Å². The Balaban J connectivity index is 2.02. The summed E-state index contributed by atoms with van der Waals surface area (Å²) < 4.78 is 0. The molecule has 0 aliphatic heterocycles. The molecule has 0 unspecified atom stereocenters. The molecule has 0 aliphatic rings. The van der Waals surface area contributed by atoms with Crippen LogP contribution in [0.15, 0.2) is 42.6 Å². The standard InChI is InChI=1S/C14H17N3/c1-11-7-14(17-10-13(11)8-15)16-9-12-5-3-2-4-6-12/h2-7,10H,8-9,15H2,1H3,(H,16,17). The molecule has 0 spiro atoms. The summed E-state index contributed by atoms with van der Waals surface area (Å²) in [6.45, 7) is 3.38. The number of nitrogens with one attached hydrogen (secondary N) is 1. The van der Waals surface area contributed by atoms with Gasteiger partial charge in [-0.3, -0.25) is 0 Å². The number of rotatable bonds is 4. The highest BCUT2D eigenvalue weighted by Gasteiger charge is 1.99. The molecule has 0 amide bonds. The SMILES string of the molecule is Cc1cc(NCc2ccccc2)ncc1CN. The summed E-state index contributed by atoms with van der Waals surface area (Å²) in [7, 11) is 0. The molecule has 3 N–H and O–H groups in total. The number of aromatic nitrogens is 1. The summed E-state index contributed by atoms with van der Waals surface area (Å²) >= 11 is 0. The quantitative estimate of drug-likeness (QED) is 0.843. The number of nitrogens with two attached hydrogens (primary N) is 1. The molecule has 0 radical (unpaired) electrons. The molecular formula is C14H17N3. The second-order valence-electron chi connectivity index (χ2n) is 4.04. The number of anilines is 1. The van der Waals surface area contributed by atoms with Crippen LogP contribution in [0.4, 0.5) is 5.82 Å². The fourth-order valence-corrected chi connectivity index (χ4v) is 1.68. The van der Waals surface area contributed by atoms with Gasteiger partial charge in [0, 0.05) is 19.3 Å². The van der Waals surface area contributed by atoms with Crippen molar-refractivity contribution in [1.82, 2.24) is 4.98 Å². The molecule has 0 aliphatic carbocycles. The van der Waals surface area contributed by atoms with Crippen molar-refractivity contribution in [2.45, 2.75) is 20.0 Å². The van der Waals surface area contributed by atoms with Crippen LogP contribution in [0.5, 0.6) is 0 Å². The van der Waals surface area contributed by atoms with Crippen LogP contribution in [-0.2, 0) is 13.1 Å². The normalized spacial score (nSPS) is 10.2. The summed E-state index contributed by atoms with van der Waals surface area (Å²) in [5, 5.41) is 3.30. The van der Waals surface area contributed by atoms with Crippen LogP contribution in [0.1, 0.15) is 16.7 Å². The molecule has 3 nitrogen and oxygen atoms in total. The fraction of sp³-hybridized carbons (Fsp3) is 0.214. The zero-order valence-electron chi connectivity index (χ0n) is 9.98. The lowest BCUT2D eigenvalue weighted by Crippen LogP contribution is -2.04. The zero-order valence-corrected chi connectivity index (χ0v) is 9.98. The largest absolute Gasteiger partial charge is 0.366 e. The van der Waals surface area contributed by atoms with Crippen molar-refractivity contribution in [3.05, 3.63) is 59.3 Å². The first-order valence-corrected chi connectivity index (χ1v) is 5.73. The summed E-state index contributed by atoms with van der Waals surface area (Å²) in [6.07, 6.45) is 1.84. The monoisotopic (exact) mass is 227 g/mol. The van der Waals surface area contributed by atoms with Crippen LogP contribution in [0.2, 0.25) is 0 Å².